The summed E-state index contributed by atoms with van der Waals surface area (Å²) in [7, 11) is -3.21. The Morgan fingerprint density at radius 2 is 2.12 bits per heavy atom. The van der Waals surface area contributed by atoms with Crippen LogP contribution >= 0.6 is 11.6 Å². The SMILES string of the molecule is Cc1ccc2c(c1)[C@@H]1C[C@@H]3[C@@H](CCCN3S(=O)(=O)CCCCl)CN1CC2. The second kappa shape index (κ2) is 7.42. The Morgan fingerprint density at radius 3 is 2.92 bits per heavy atom. The molecule has 2 fully saturated rings. The minimum absolute atomic E-state index is 0.150. The average molecular weight is 397 g/mol. The molecule has 0 bridgehead atoms. The third kappa shape index (κ3) is 3.44. The Balaban J connectivity index is 1.62. The Labute approximate surface area is 162 Å². The first-order valence-corrected chi connectivity index (χ1v) is 12.0. The van der Waals surface area contributed by atoms with Crippen LogP contribution in [0.1, 0.15) is 48.4 Å². The Kier molecular flexibility index (Phi) is 5.35. The smallest absolute Gasteiger partial charge is 0.214 e. The average Bonchev–Trinajstić information content (AvgIpc) is 2.64. The quantitative estimate of drug-likeness (QED) is 0.733. The maximum Gasteiger partial charge on any atom is 0.214 e. The number of fused-ring (bicyclic) bond motifs is 4. The first-order chi connectivity index (χ1) is 12.5. The van der Waals surface area contributed by atoms with Crippen LogP contribution < -0.4 is 0 Å². The van der Waals surface area contributed by atoms with E-state index in [4.69, 9.17) is 11.6 Å². The summed E-state index contributed by atoms with van der Waals surface area (Å²) in [6.07, 6.45) is 4.71. The zero-order chi connectivity index (χ0) is 18.3. The molecule has 1 aromatic rings. The summed E-state index contributed by atoms with van der Waals surface area (Å²) in [5, 5.41) is 0. The number of rotatable bonds is 4. The molecule has 6 heteroatoms. The number of aryl methyl sites for hydroxylation is 1. The van der Waals surface area contributed by atoms with Crippen LogP contribution in [0.4, 0.5) is 0 Å². The van der Waals surface area contributed by atoms with Crippen molar-refractivity contribution in [2.45, 2.75) is 51.1 Å². The van der Waals surface area contributed by atoms with E-state index in [1.165, 1.54) is 16.7 Å². The molecule has 4 rings (SSSR count). The van der Waals surface area contributed by atoms with Gasteiger partial charge in [-0.25, -0.2) is 8.42 Å². The van der Waals surface area contributed by atoms with Gasteiger partial charge in [-0.3, -0.25) is 4.90 Å². The van der Waals surface area contributed by atoms with Crippen LogP contribution in [-0.2, 0) is 16.4 Å². The number of sulfonamides is 1. The summed E-state index contributed by atoms with van der Waals surface area (Å²) in [5.74, 6) is 1.06. The fourth-order valence-corrected chi connectivity index (χ4v) is 7.33. The van der Waals surface area contributed by atoms with E-state index < -0.39 is 10.0 Å². The van der Waals surface area contributed by atoms with Gasteiger partial charge in [0.2, 0.25) is 10.0 Å². The maximum absolute atomic E-state index is 12.9. The van der Waals surface area contributed by atoms with E-state index >= 15 is 0 Å². The molecule has 0 N–H and O–H groups in total. The van der Waals surface area contributed by atoms with E-state index in [1.807, 2.05) is 4.31 Å². The van der Waals surface area contributed by atoms with Crippen LogP contribution in [0.15, 0.2) is 18.2 Å². The number of nitrogens with zero attached hydrogens (tertiary/aromatic N) is 2. The van der Waals surface area contributed by atoms with Crippen LogP contribution in [0.3, 0.4) is 0 Å². The molecular formula is C20H29ClN2O2S. The summed E-state index contributed by atoms with van der Waals surface area (Å²) in [5.41, 5.74) is 4.17. The Hall–Kier alpha value is -0.620. The van der Waals surface area contributed by atoms with Gasteiger partial charge in [0.05, 0.1) is 5.75 Å². The predicted molar refractivity (Wildman–Crippen MR) is 106 cm³/mol. The van der Waals surface area contributed by atoms with E-state index in [2.05, 4.69) is 30.0 Å². The van der Waals surface area contributed by atoms with Crippen molar-refractivity contribution in [3.05, 3.63) is 34.9 Å². The molecule has 144 valence electrons. The fourth-order valence-electron chi connectivity index (χ4n) is 5.22. The largest absolute Gasteiger partial charge is 0.296 e. The monoisotopic (exact) mass is 396 g/mol. The van der Waals surface area contributed by atoms with Gasteiger partial charge in [-0.05, 0) is 56.1 Å². The van der Waals surface area contributed by atoms with E-state index in [0.717, 1.165) is 38.8 Å². The van der Waals surface area contributed by atoms with Gasteiger partial charge in [-0.1, -0.05) is 23.8 Å². The lowest BCUT2D eigenvalue weighted by atomic mass is 9.77. The van der Waals surface area contributed by atoms with Gasteiger partial charge < -0.3 is 0 Å². The molecule has 0 spiro atoms. The molecule has 0 unspecified atom stereocenters. The van der Waals surface area contributed by atoms with Crippen molar-refractivity contribution in [3.8, 4) is 0 Å². The van der Waals surface area contributed by atoms with Crippen molar-refractivity contribution < 1.29 is 8.42 Å². The van der Waals surface area contributed by atoms with E-state index in [0.29, 0.717) is 30.8 Å². The first-order valence-electron chi connectivity index (χ1n) is 9.88. The molecular weight excluding hydrogens is 368 g/mol. The molecule has 4 nitrogen and oxygen atoms in total. The molecule has 3 atom stereocenters. The molecule has 0 aromatic heterocycles. The molecule has 1 aromatic carbocycles. The molecule has 0 radical (unpaired) electrons. The Morgan fingerprint density at radius 1 is 1.27 bits per heavy atom. The predicted octanol–water partition coefficient (Wildman–Crippen LogP) is 3.34. The van der Waals surface area contributed by atoms with Crippen LogP contribution in [0, 0.1) is 12.8 Å². The summed E-state index contributed by atoms with van der Waals surface area (Å²) < 4.78 is 27.7. The van der Waals surface area contributed by atoms with Gasteiger partial charge in [0.15, 0.2) is 0 Å². The highest BCUT2D eigenvalue weighted by molar-refractivity contribution is 7.89. The first kappa shape index (κ1) is 18.7. The second-order valence-corrected chi connectivity index (χ2v) is 10.6. The Bertz CT molecular complexity index is 767. The minimum atomic E-state index is -3.21. The standard InChI is InChI=1S/C20H29ClN2O2S/c1-15-5-6-16-7-10-22-14-17-4-2-9-23(26(24,25)11-3-8-21)19(17)13-20(22)18(16)12-15/h5-6,12,17,19-20H,2-4,7-11,13-14H2,1H3/t17-,19+,20-/m0/s1. The van der Waals surface area contributed by atoms with Crippen LogP contribution in [0.2, 0.25) is 0 Å². The van der Waals surface area contributed by atoms with Crippen molar-refractivity contribution >= 4 is 21.6 Å². The number of alkyl halides is 1. The van der Waals surface area contributed by atoms with Crippen molar-refractivity contribution in [3.63, 3.8) is 0 Å². The summed E-state index contributed by atoms with van der Waals surface area (Å²) in [6, 6.07) is 7.30. The van der Waals surface area contributed by atoms with Gasteiger partial charge >= 0.3 is 0 Å². The van der Waals surface area contributed by atoms with Crippen molar-refractivity contribution in [2.75, 3.05) is 31.3 Å². The third-order valence-electron chi connectivity index (χ3n) is 6.46. The molecule has 0 aliphatic carbocycles. The molecule has 0 saturated carbocycles. The van der Waals surface area contributed by atoms with Gasteiger partial charge in [-0.2, -0.15) is 4.31 Å². The molecule has 3 aliphatic rings. The molecule has 3 heterocycles. The highest BCUT2D eigenvalue weighted by Gasteiger charge is 2.45. The highest BCUT2D eigenvalue weighted by Crippen LogP contribution is 2.43. The highest BCUT2D eigenvalue weighted by atomic mass is 35.5. The zero-order valence-corrected chi connectivity index (χ0v) is 17.1. The van der Waals surface area contributed by atoms with Gasteiger partial charge in [0, 0.05) is 37.6 Å². The lowest BCUT2D eigenvalue weighted by Gasteiger charge is -2.51. The summed E-state index contributed by atoms with van der Waals surface area (Å²) in [4.78, 5) is 2.61. The van der Waals surface area contributed by atoms with E-state index in [1.54, 1.807) is 0 Å². The summed E-state index contributed by atoms with van der Waals surface area (Å²) in [6.45, 7) is 4.96. The fraction of sp³-hybridized carbons (Fsp3) is 0.700. The van der Waals surface area contributed by atoms with E-state index in [9.17, 15) is 8.42 Å². The normalized spacial score (nSPS) is 29.7. The number of halogens is 1. The zero-order valence-electron chi connectivity index (χ0n) is 15.5. The number of hydrogen-bond donors (Lipinski definition) is 0. The lowest BCUT2D eigenvalue weighted by molar-refractivity contribution is 0.0220. The second-order valence-electron chi connectivity index (χ2n) is 8.14. The van der Waals surface area contributed by atoms with Crippen LogP contribution in [0.5, 0.6) is 0 Å². The minimum Gasteiger partial charge on any atom is -0.296 e. The number of hydrogen-bond acceptors (Lipinski definition) is 3. The molecule has 26 heavy (non-hydrogen) atoms. The number of piperidine rings is 2. The molecule has 0 amide bonds. The maximum atomic E-state index is 12.9. The lowest BCUT2D eigenvalue weighted by Crippen LogP contribution is -2.57. The third-order valence-corrected chi connectivity index (χ3v) is 8.70. The summed E-state index contributed by atoms with van der Waals surface area (Å²) >= 11 is 5.76. The van der Waals surface area contributed by atoms with Gasteiger partial charge in [0.25, 0.3) is 0 Å². The number of benzene rings is 1. The van der Waals surface area contributed by atoms with Crippen molar-refractivity contribution in [2.24, 2.45) is 5.92 Å². The molecule has 2 saturated heterocycles. The van der Waals surface area contributed by atoms with Crippen LogP contribution in [-0.4, -0.2) is 54.9 Å². The van der Waals surface area contributed by atoms with Crippen molar-refractivity contribution in [1.82, 2.24) is 9.21 Å². The van der Waals surface area contributed by atoms with Crippen LogP contribution in [0.25, 0.3) is 0 Å². The van der Waals surface area contributed by atoms with Gasteiger partial charge in [0.1, 0.15) is 0 Å². The van der Waals surface area contributed by atoms with Gasteiger partial charge in [-0.15, -0.1) is 11.6 Å². The van der Waals surface area contributed by atoms with Crippen molar-refractivity contribution in [1.29, 1.82) is 0 Å². The topological polar surface area (TPSA) is 40.6 Å². The molecule has 3 aliphatic heterocycles. The van der Waals surface area contributed by atoms with E-state index in [-0.39, 0.29) is 11.8 Å².